The molecule has 0 fully saturated rings. The molecule has 0 heterocycles. The highest BCUT2D eigenvalue weighted by atomic mass is 16.5. The third kappa shape index (κ3) is 9.08. The van der Waals surface area contributed by atoms with Gasteiger partial charge < -0.3 is 15.2 Å². The van der Waals surface area contributed by atoms with Crippen LogP contribution in [0.1, 0.15) is 51.0 Å². The lowest BCUT2D eigenvalue weighted by atomic mass is 10.1. The van der Waals surface area contributed by atoms with Crippen LogP contribution < -0.4 is 10.1 Å². The highest BCUT2D eigenvalue weighted by Gasteiger charge is 1.99. The standard InChI is InChI=1S/C17H27NO3/c1-2-3-4-5-6-7-12-18-13-15-8-10-16(11-9-15)21-14-17(19)20/h8-11,18H,2-7,12-14H2,1H3,(H,19,20). The molecule has 0 atom stereocenters. The van der Waals surface area contributed by atoms with Gasteiger partial charge in [0, 0.05) is 6.54 Å². The number of carboxylic acids is 1. The van der Waals surface area contributed by atoms with Crippen molar-refractivity contribution in [2.75, 3.05) is 13.2 Å². The van der Waals surface area contributed by atoms with Gasteiger partial charge in [0.05, 0.1) is 0 Å². The van der Waals surface area contributed by atoms with Gasteiger partial charge in [-0.1, -0.05) is 51.2 Å². The SMILES string of the molecule is CCCCCCCCNCc1ccc(OCC(=O)O)cc1. The number of ether oxygens (including phenoxy) is 1. The van der Waals surface area contributed by atoms with E-state index in [4.69, 9.17) is 9.84 Å². The molecule has 0 aliphatic carbocycles. The van der Waals surface area contributed by atoms with Crippen molar-refractivity contribution >= 4 is 5.97 Å². The molecule has 2 N–H and O–H groups in total. The molecule has 0 aromatic heterocycles. The lowest BCUT2D eigenvalue weighted by Gasteiger charge is -2.07. The largest absolute Gasteiger partial charge is 0.482 e. The maximum Gasteiger partial charge on any atom is 0.341 e. The van der Waals surface area contributed by atoms with Crippen LogP contribution in [-0.4, -0.2) is 24.2 Å². The second-order valence-electron chi connectivity index (χ2n) is 5.27. The zero-order chi connectivity index (χ0) is 15.3. The number of carboxylic acid groups (broad SMARTS) is 1. The normalized spacial score (nSPS) is 10.5. The van der Waals surface area contributed by atoms with Gasteiger partial charge in [-0.2, -0.15) is 0 Å². The Hall–Kier alpha value is -1.55. The second kappa shape index (κ2) is 11.1. The van der Waals surface area contributed by atoms with Crippen LogP contribution in [0.25, 0.3) is 0 Å². The molecule has 0 spiro atoms. The molecule has 0 saturated heterocycles. The van der Waals surface area contributed by atoms with Gasteiger partial charge in [0.1, 0.15) is 5.75 Å². The highest BCUT2D eigenvalue weighted by Crippen LogP contribution is 2.12. The van der Waals surface area contributed by atoms with E-state index in [1.54, 1.807) is 0 Å². The van der Waals surface area contributed by atoms with E-state index in [0.717, 1.165) is 13.1 Å². The van der Waals surface area contributed by atoms with Gasteiger partial charge in [-0.3, -0.25) is 0 Å². The predicted octanol–water partition coefficient (Wildman–Crippen LogP) is 3.60. The number of benzene rings is 1. The van der Waals surface area contributed by atoms with Crippen LogP contribution in [-0.2, 0) is 11.3 Å². The Morgan fingerprint density at radius 2 is 1.76 bits per heavy atom. The minimum atomic E-state index is -0.959. The Bertz CT molecular complexity index is 390. The molecule has 0 saturated carbocycles. The summed E-state index contributed by atoms with van der Waals surface area (Å²) in [5.41, 5.74) is 1.18. The number of nitrogens with one attached hydrogen (secondary N) is 1. The van der Waals surface area contributed by atoms with Gasteiger partial charge in [-0.25, -0.2) is 4.79 Å². The molecule has 0 unspecified atom stereocenters. The van der Waals surface area contributed by atoms with Crippen molar-refractivity contribution in [1.82, 2.24) is 5.32 Å². The Morgan fingerprint density at radius 1 is 1.10 bits per heavy atom. The fourth-order valence-electron chi connectivity index (χ4n) is 2.11. The summed E-state index contributed by atoms with van der Waals surface area (Å²) in [5, 5.41) is 12.0. The Morgan fingerprint density at radius 3 is 2.43 bits per heavy atom. The highest BCUT2D eigenvalue weighted by molar-refractivity contribution is 5.68. The van der Waals surface area contributed by atoms with Crippen LogP contribution in [0.3, 0.4) is 0 Å². The van der Waals surface area contributed by atoms with Gasteiger partial charge in [-0.05, 0) is 30.7 Å². The molecule has 4 nitrogen and oxygen atoms in total. The molecule has 0 bridgehead atoms. The zero-order valence-corrected chi connectivity index (χ0v) is 12.9. The first-order valence-electron chi connectivity index (χ1n) is 7.86. The predicted molar refractivity (Wildman–Crippen MR) is 84.7 cm³/mol. The van der Waals surface area contributed by atoms with Crippen molar-refractivity contribution in [2.24, 2.45) is 0 Å². The van der Waals surface area contributed by atoms with E-state index in [2.05, 4.69) is 12.2 Å². The lowest BCUT2D eigenvalue weighted by Crippen LogP contribution is -2.14. The smallest absolute Gasteiger partial charge is 0.341 e. The molecular weight excluding hydrogens is 266 g/mol. The van der Waals surface area contributed by atoms with E-state index in [1.165, 1.54) is 44.1 Å². The number of hydrogen-bond donors (Lipinski definition) is 2. The number of hydrogen-bond acceptors (Lipinski definition) is 3. The molecule has 1 aromatic rings. The Kier molecular flexibility index (Phi) is 9.29. The summed E-state index contributed by atoms with van der Waals surface area (Å²) in [4.78, 5) is 10.4. The van der Waals surface area contributed by atoms with E-state index >= 15 is 0 Å². The van der Waals surface area contributed by atoms with E-state index in [-0.39, 0.29) is 6.61 Å². The summed E-state index contributed by atoms with van der Waals surface area (Å²) in [6.07, 6.45) is 7.87. The lowest BCUT2D eigenvalue weighted by molar-refractivity contribution is -0.139. The van der Waals surface area contributed by atoms with Crippen molar-refractivity contribution in [1.29, 1.82) is 0 Å². The van der Waals surface area contributed by atoms with Gasteiger partial charge in [0.15, 0.2) is 6.61 Å². The van der Waals surface area contributed by atoms with Crippen LogP contribution in [0.2, 0.25) is 0 Å². The zero-order valence-electron chi connectivity index (χ0n) is 12.9. The number of carbonyl (C=O) groups is 1. The average Bonchev–Trinajstić information content (AvgIpc) is 2.49. The molecule has 0 aliphatic heterocycles. The van der Waals surface area contributed by atoms with Crippen LogP contribution in [0.5, 0.6) is 5.75 Å². The number of aliphatic carboxylic acids is 1. The van der Waals surface area contributed by atoms with Gasteiger partial charge in [-0.15, -0.1) is 0 Å². The van der Waals surface area contributed by atoms with Crippen molar-refractivity contribution in [3.8, 4) is 5.75 Å². The molecule has 4 heteroatoms. The van der Waals surface area contributed by atoms with E-state index < -0.39 is 5.97 Å². The Balaban J connectivity index is 2.08. The molecule has 21 heavy (non-hydrogen) atoms. The van der Waals surface area contributed by atoms with Crippen molar-refractivity contribution in [3.63, 3.8) is 0 Å². The first-order chi connectivity index (χ1) is 10.2. The molecular formula is C17H27NO3. The second-order valence-corrected chi connectivity index (χ2v) is 5.27. The number of rotatable bonds is 12. The molecule has 1 rings (SSSR count). The van der Waals surface area contributed by atoms with Crippen LogP contribution in [0.15, 0.2) is 24.3 Å². The van der Waals surface area contributed by atoms with Crippen LogP contribution in [0.4, 0.5) is 0 Å². The summed E-state index contributed by atoms with van der Waals surface area (Å²) in [6, 6.07) is 7.55. The fraction of sp³-hybridized carbons (Fsp3) is 0.588. The Labute approximate surface area is 127 Å². The number of unbranched alkanes of at least 4 members (excludes halogenated alkanes) is 5. The summed E-state index contributed by atoms with van der Waals surface area (Å²) in [7, 11) is 0. The summed E-state index contributed by atoms with van der Waals surface area (Å²) >= 11 is 0. The third-order valence-electron chi connectivity index (χ3n) is 3.32. The minimum Gasteiger partial charge on any atom is -0.482 e. The van der Waals surface area contributed by atoms with Crippen molar-refractivity contribution in [3.05, 3.63) is 29.8 Å². The van der Waals surface area contributed by atoms with E-state index in [0.29, 0.717) is 5.75 Å². The average molecular weight is 293 g/mol. The van der Waals surface area contributed by atoms with Gasteiger partial charge >= 0.3 is 5.97 Å². The van der Waals surface area contributed by atoms with Gasteiger partial charge in [0.2, 0.25) is 0 Å². The maximum atomic E-state index is 10.4. The summed E-state index contributed by atoms with van der Waals surface area (Å²) in [5.74, 6) is -0.364. The molecule has 118 valence electrons. The summed E-state index contributed by atoms with van der Waals surface area (Å²) in [6.45, 7) is 3.83. The van der Waals surface area contributed by atoms with Crippen molar-refractivity contribution in [2.45, 2.75) is 52.0 Å². The third-order valence-corrected chi connectivity index (χ3v) is 3.32. The van der Waals surface area contributed by atoms with Crippen molar-refractivity contribution < 1.29 is 14.6 Å². The fourth-order valence-corrected chi connectivity index (χ4v) is 2.11. The van der Waals surface area contributed by atoms with Crippen LogP contribution in [0, 0.1) is 0 Å². The first kappa shape index (κ1) is 17.5. The van der Waals surface area contributed by atoms with E-state index in [1.807, 2.05) is 24.3 Å². The molecule has 0 aliphatic rings. The van der Waals surface area contributed by atoms with Gasteiger partial charge in [0.25, 0.3) is 0 Å². The first-order valence-corrected chi connectivity index (χ1v) is 7.86. The molecule has 0 radical (unpaired) electrons. The van der Waals surface area contributed by atoms with E-state index in [9.17, 15) is 4.79 Å². The maximum absolute atomic E-state index is 10.4. The molecule has 0 amide bonds. The molecule has 1 aromatic carbocycles. The quantitative estimate of drug-likeness (QED) is 0.578. The topological polar surface area (TPSA) is 58.6 Å². The van der Waals surface area contributed by atoms with Crippen LogP contribution >= 0.6 is 0 Å². The summed E-state index contributed by atoms with van der Waals surface area (Å²) < 4.78 is 5.09. The monoisotopic (exact) mass is 293 g/mol. The minimum absolute atomic E-state index is 0.296.